The Morgan fingerprint density at radius 2 is 1.74 bits per heavy atom. The molecule has 9 heteroatoms. The van der Waals surface area contributed by atoms with E-state index in [4.69, 9.17) is 15.3 Å². The molecule has 4 N–H and O–H groups in total. The first kappa shape index (κ1) is 15.2. The molecule has 19 heavy (non-hydrogen) atoms. The average molecular weight is 278 g/mol. The lowest BCUT2D eigenvalue weighted by atomic mass is 10.0. The number of nitrogens with one attached hydrogen (secondary N) is 1. The first-order chi connectivity index (χ1) is 8.89. The molecule has 0 amide bonds. The van der Waals surface area contributed by atoms with Gasteiger partial charge in [0.1, 0.15) is 17.0 Å². The summed E-state index contributed by atoms with van der Waals surface area (Å²) in [4.78, 5) is 9.64. The molecule has 1 rings (SSSR count). The first-order valence-corrected chi connectivity index (χ1v) is 5.13. The molecule has 0 radical (unpaired) electrons. The molecule has 106 valence electrons. The van der Waals surface area contributed by atoms with Gasteiger partial charge < -0.3 is 20.6 Å². The number of anilines is 1. The quantitative estimate of drug-likeness (QED) is 0.430. The molecular weight excluding hydrogens is 266 g/mol. The Kier molecular flexibility index (Phi) is 4.70. The third-order valence-electron chi connectivity index (χ3n) is 2.52. The minimum atomic E-state index is -1.73. The molecule has 0 aliphatic heterocycles. The second-order valence-electron chi connectivity index (χ2n) is 3.92. The van der Waals surface area contributed by atoms with E-state index in [0.717, 1.165) is 0 Å². The molecule has 1 aromatic carbocycles. The van der Waals surface area contributed by atoms with Crippen LogP contribution in [0.3, 0.4) is 0 Å². The summed E-state index contributed by atoms with van der Waals surface area (Å²) >= 11 is 0. The maximum absolute atomic E-state index is 13.3. The van der Waals surface area contributed by atoms with Gasteiger partial charge in [-0.2, -0.15) is 4.39 Å². The molecule has 0 aliphatic rings. The van der Waals surface area contributed by atoms with Gasteiger partial charge >= 0.3 is 5.69 Å². The fourth-order valence-electron chi connectivity index (χ4n) is 1.40. The average Bonchev–Trinajstić information content (AvgIpc) is 2.34. The zero-order chi connectivity index (χ0) is 14.6. The second kappa shape index (κ2) is 5.87. The maximum atomic E-state index is 13.3. The molecule has 0 aromatic heterocycles. The first-order valence-electron chi connectivity index (χ1n) is 5.13. The highest BCUT2D eigenvalue weighted by Crippen LogP contribution is 2.30. The topological polar surface area (TPSA) is 116 Å². The maximum Gasteiger partial charge on any atom is 0.327 e. The zero-order valence-corrected chi connectivity index (χ0v) is 9.64. The fourth-order valence-corrected chi connectivity index (χ4v) is 1.40. The van der Waals surface area contributed by atoms with E-state index in [1.165, 1.54) is 0 Å². The van der Waals surface area contributed by atoms with Crippen LogP contribution < -0.4 is 5.32 Å². The molecule has 0 aliphatic carbocycles. The highest BCUT2D eigenvalue weighted by atomic mass is 19.1. The van der Waals surface area contributed by atoms with Crippen LogP contribution in [0.15, 0.2) is 12.1 Å². The van der Waals surface area contributed by atoms with Crippen molar-refractivity contribution in [3.8, 4) is 0 Å². The molecule has 0 fully saturated rings. The Labute approximate surface area is 106 Å². The van der Waals surface area contributed by atoms with Gasteiger partial charge in [-0.15, -0.1) is 0 Å². The number of nitro benzene ring substituents is 1. The zero-order valence-electron chi connectivity index (χ0n) is 9.64. The van der Waals surface area contributed by atoms with Gasteiger partial charge in [-0.3, -0.25) is 10.1 Å². The number of aliphatic hydroxyl groups excluding tert-OH is 3. The monoisotopic (exact) mass is 278 g/mol. The lowest BCUT2D eigenvalue weighted by Gasteiger charge is -2.29. The smallest absolute Gasteiger partial charge is 0.327 e. The molecule has 0 spiro atoms. The Morgan fingerprint density at radius 1 is 1.21 bits per heavy atom. The summed E-state index contributed by atoms with van der Waals surface area (Å²) in [5.74, 6) is -2.48. The van der Waals surface area contributed by atoms with Gasteiger partial charge in [0, 0.05) is 12.1 Å². The van der Waals surface area contributed by atoms with Crippen molar-refractivity contribution in [2.45, 2.75) is 5.54 Å². The predicted molar refractivity (Wildman–Crippen MR) is 60.6 cm³/mol. The number of rotatable bonds is 6. The molecule has 7 nitrogen and oxygen atoms in total. The number of halogens is 2. The van der Waals surface area contributed by atoms with E-state index >= 15 is 0 Å². The molecular formula is C10H12F2N2O5. The van der Waals surface area contributed by atoms with Crippen molar-refractivity contribution in [3.05, 3.63) is 33.9 Å². The van der Waals surface area contributed by atoms with Gasteiger partial charge in [0.2, 0.25) is 5.82 Å². The van der Waals surface area contributed by atoms with E-state index < -0.39 is 53.3 Å². The Morgan fingerprint density at radius 3 is 2.16 bits per heavy atom. The summed E-state index contributed by atoms with van der Waals surface area (Å²) in [7, 11) is 0. The molecule has 0 unspecified atom stereocenters. The molecule has 0 heterocycles. The van der Waals surface area contributed by atoms with E-state index in [-0.39, 0.29) is 0 Å². The number of hydrogen-bond acceptors (Lipinski definition) is 6. The summed E-state index contributed by atoms with van der Waals surface area (Å²) in [5, 5.41) is 40.1. The van der Waals surface area contributed by atoms with Crippen LogP contribution >= 0.6 is 0 Å². The number of benzene rings is 1. The van der Waals surface area contributed by atoms with Crippen LogP contribution in [0.4, 0.5) is 20.2 Å². The van der Waals surface area contributed by atoms with Crippen molar-refractivity contribution >= 4 is 11.4 Å². The molecule has 0 bridgehead atoms. The summed E-state index contributed by atoms with van der Waals surface area (Å²) in [5.41, 5.74) is -3.36. The Hall–Kier alpha value is -1.84. The second-order valence-corrected chi connectivity index (χ2v) is 3.92. The van der Waals surface area contributed by atoms with E-state index in [2.05, 4.69) is 5.32 Å². The summed E-state index contributed by atoms with van der Waals surface area (Å²) in [6.45, 7) is -2.39. The largest absolute Gasteiger partial charge is 0.394 e. The van der Waals surface area contributed by atoms with Crippen LogP contribution in [-0.2, 0) is 0 Å². The van der Waals surface area contributed by atoms with Crippen LogP contribution in [0.25, 0.3) is 0 Å². The van der Waals surface area contributed by atoms with Gasteiger partial charge in [0.25, 0.3) is 0 Å². The molecule has 0 atom stereocenters. The SMILES string of the molecule is O=[N+]([O-])c1c(F)cc(F)cc1NC(CO)(CO)CO. The normalized spacial score (nSPS) is 11.4. The number of hydrogen-bond donors (Lipinski definition) is 4. The third kappa shape index (κ3) is 3.13. The minimum Gasteiger partial charge on any atom is -0.394 e. The van der Waals surface area contributed by atoms with Crippen LogP contribution in [-0.4, -0.2) is 45.6 Å². The Bertz CT molecular complexity index is 471. The number of nitrogens with zero attached hydrogens (tertiary/aromatic N) is 1. The van der Waals surface area contributed by atoms with Gasteiger partial charge in [-0.1, -0.05) is 0 Å². The standard InChI is InChI=1S/C10H12F2N2O5/c11-6-1-7(12)9(14(18)19)8(2-6)13-10(3-15,4-16)5-17/h1-2,13,15-17H,3-5H2. The van der Waals surface area contributed by atoms with Gasteiger partial charge in [-0.25, -0.2) is 4.39 Å². The van der Waals surface area contributed by atoms with Crippen LogP contribution in [0.2, 0.25) is 0 Å². The summed E-state index contributed by atoms with van der Waals surface area (Å²) < 4.78 is 26.4. The van der Waals surface area contributed by atoms with Crippen LogP contribution in [0, 0.1) is 21.7 Å². The van der Waals surface area contributed by atoms with E-state index in [9.17, 15) is 18.9 Å². The van der Waals surface area contributed by atoms with E-state index in [1.807, 2.05) is 0 Å². The number of aliphatic hydroxyl groups is 3. The van der Waals surface area contributed by atoms with Crippen molar-refractivity contribution in [2.24, 2.45) is 0 Å². The fraction of sp³-hybridized carbons (Fsp3) is 0.400. The lowest BCUT2D eigenvalue weighted by molar-refractivity contribution is -0.386. The highest BCUT2D eigenvalue weighted by molar-refractivity contribution is 5.63. The molecule has 1 aromatic rings. The lowest BCUT2D eigenvalue weighted by Crippen LogP contribution is -2.49. The van der Waals surface area contributed by atoms with Crippen LogP contribution in [0.5, 0.6) is 0 Å². The van der Waals surface area contributed by atoms with Crippen molar-refractivity contribution < 1.29 is 29.0 Å². The van der Waals surface area contributed by atoms with Gasteiger partial charge in [-0.05, 0) is 0 Å². The third-order valence-corrected chi connectivity index (χ3v) is 2.52. The van der Waals surface area contributed by atoms with E-state index in [1.54, 1.807) is 0 Å². The van der Waals surface area contributed by atoms with Crippen molar-refractivity contribution in [3.63, 3.8) is 0 Å². The van der Waals surface area contributed by atoms with Crippen molar-refractivity contribution in [1.82, 2.24) is 0 Å². The van der Waals surface area contributed by atoms with Gasteiger partial charge in [0.15, 0.2) is 0 Å². The summed E-state index contributed by atoms with van der Waals surface area (Å²) in [6, 6.07) is 0.971. The van der Waals surface area contributed by atoms with Gasteiger partial charge in [0.05, 0.1) is 24.7 Å². The minimum absolute atomic E-state index is 0.335. The Balaban J connectivity index is 3.30. The van der Waals surface area contributed by atoms with Crippen molar-refractivity contribution in [1.29, 1.82) is 0 Å². The van der Waals surface area contributed by atoms with E-state index in [0.29, 0.717) is 12.1 Å². The van der Waals surface area contributed by atoms with Crippen molar-refractivity contribution in [2.75, 3.05) is 25.1 Å². The predicted octanol–water partition coefficient (Wildman–Crippen LogP) is 0.000600. The van der Waals surface area contributed by atoms with Crippen LogP contribution in [0.1, 0.15) is 0 Å². The molecule has 0 saturated carbocycles. The number of nitro groups is 1. The highest BCUT2D eigenvalue weighted by Gasteiger charge is 2.32. The molecule has 0 saturated heterocycles. The summed E-state index contributed by atoms with van der Waals surface area (Å²) in [6.07, 6.45) is 0.